The molecule has 1 aromatic carbocycles. The van der Waals surface area contributed by atoms with Crippen LogP contribution in [-0.4, -0.2) is 29.0 Å². The first-order valence-corrected chi connectivity index (χ1v) is 7.51. The molecular weight excluding hydrogens is 328 g/mol. The lowest BCUT2D eigenvalue weighted by Crippen LogP contribution is -2.38. The van der Waals surface area contributed by atoms with E-state index in [0.29, 0.717) is 17.1 Å². The average Bonchev–Trinajstić information content (AvgIpc) is 3.29. The second-order valence-corrected chi connectivity index (χ2v) is 5.46. The molecule has 9 heteroatoms. The number of carbonyl (C=O) groups excluding carboxylic acids is 2. The third-order valence-corrected chi connectivity index (χ3v) is 3.44. The highest BCUT2D eigenvalue weighted by atomic mass is 16.6. The van der Waals surface area contributed by atoms with Crippen LogP contribution in [0.3, 0.4) is 0 Å². The minimum absolute atomic E-state index is 0.0435. The highest BCUT2D eigenvalue weighted by molar-refractivity contribution is 6.35. The van der Waals surface area contributed by atoms with E-state index in [0.717, 1.165) is 12.8 Å². The van der Waals surface area contributed by atoms with Crippen molar-refractivity contribution >= 4 is 23.7 Å². The number of furan rings is 1. The Morgan fingerprint density at radius 2 is 2.04 bits per heavy atom. The Morgan fingerprint density at radius 1 is 1.24 bits per heavy atom. The van der Waals surface area contributed by atoms with E-state index in [-0.39, 0.29) is 11.7 Å². The van der Waals surface area contributed by atoms with Crippen LogP contribution in [0.1, 0.15) is 18.6 Å². The fraction of sp³-hybridized carbons (Fsp3) is 0.188. The van der Waals surface area contributed by atoms with Gasteiger partial charge < -0.3 is 9.73 Å². The van der Waals surface area contributed by atoms with Gasteiger partial charge in [0.05, 0.1) is 11.1 Å². The first-order valence-electron chi connectivity index (χ1n) is 7.51. The second kappa shape index (κ2) is 6.95. The first-order chi connectivity index (χ1) is 12.0. The van der Waals surface area contributed by atoms with Gasteiger partial charge in [-0.3, -0.25) is 19.7 Å². The fourth-order valence-corrected chi connectivity index (χ4v) is 2.03. The topological polar surface area (TPSA) is 127 Å². The van der Waals surface area contributed by atoms with Crippen molar-refractivity contribution in [2.75, 3.05) is 0 Å². The predicted molar refractivity (Wildman–Crippen MR) is 87.7 cm³/mol. The number of hydrazone groups is 1. The Kier molecular flexibility index (Phi) is 4.55. The largest absolute Gasteiger partial charge is 0.455 e. The molecule has 0 aliphatic heterocycles. The summed E-state index contributed by atoms with van der Waals surface area (Å²) in [6.07, 6.45) is 3.01. The summed E-state index contributed by atoms with van der Waals surface area (Å²) >= 11 is 0. The summed E-state index contributed by atoms with van der Waals surface area (Å²) in [6, 6.07) is 9.32. The van der Waals surface area contributed by atoms with Gasteiger partial charge in [0.25, 0.3) is 5.69 Å². The van der Waals surface area contributed by atoms with Crippen LogP contribution in [0.15, 0.2) is 45.9 Å². The van der Waals surface area contributed by atoms with Gasteiger partial charge in [-0.05, 0) is 25.0 Å². The summed E-state index contributed by atoms with van der Waals surface area (Å²) in [5, 5.41) is 17.0. The molecule has 0 bridgehead atoms. The zero-order valence-corrected chi connectivity index (χ0v) is 13.0. The summed E-state index contributed by atoms with van der Waals surface area (Å²) < 4.78 is 5.50. The summed E-state index contributed by atoms with van der Waals surface area (Å²) in [6.45, 7) is 0. The second-order valence-electron chi connectivity index (χ2n) is 5.46. The molecule has 3 rings (SSSR count). The van der Waals surface area contributed by atoms with Gasteiger partial charge in [0.1, 0.15) is 11.5 Å². The molecule has 2 N–H and O–H groups in total. The van der Waals surface area contributed by atoms with Gasteiger partial charge in [-0.25, -0.2) is 5.43 Å². The highest BCUT2D eigenvalue weighted by Crippen LogP contribution is 2.25. The molecule has 1 aromatic heterocycles. The van der Waals surface area contributed by atoms with Crippen molar-refractivity contribution in [2.24, 2.45) is 5.10 Å². The van der Waals surface area contributed by atoms with Gasteiger partial charge in [-0.2, -0.15) is 5.10 Å². The Balaban J connectivity index is 1.61. The number of nitrogens with one attached hydrogen (secondary N) is 2. The number of carbonyl (C=O) groups is 2. The van der Waals surface area contributed by atoms with E-state index < -0.39 is 16.7 Å². The van der Waals surface area contributed by atoms with Gasteiger partial charge in [0, 0.05) is 23.7 Å². The number of nitrogens with zero attached hydrogens (tertiary/aromatic N) is 2. The number of hydrogen-bond acceptors (Lipinski definition) is 6. The molecule has 1 aliphatic carbocycles. The van der Waals surface area contributed by atoms with Crippen molar-refractivity contribution in [3.63, 3.8) is 0 Å². The molecular formula is C16H14N4O5. The molecule has 2 amide bonds. The van der Waals surface area contributed by atoms with Crippen molar-refractivity contribution in [3.05, 3.63) is 52.3 Å². The van der Waals surface area contributed by atoms with Gasteiger partial charge in [0.2, 0.25) is 0 Å². The Labute approximate surface area is 141 Å². The number of amides is 2. The minimum atomic E-state index is -0.853. The van der Waals surface area contributed by atoms with Crippen LogP contribution in [0.5, 0.6) is 0 Å². The maximum atomic E-state index is 11.5. The smallest absolute Gasteiger partial charge is 0.329 e. The van der Waals surface area contributed by atoms with Crippen LogP contribution in [-0.2, 0) is 9.59 Å². The van der Waals surface area contributed by atoms with Crippen molar-refractivity contribution in [1.82, 2.24) is 10.7 Å². The van der Waals surface area contributed by atoms with Crippen LogP contribution >= 0.6 is 0 Å². The standard InChI is InChI=1S/C16H14N4O5/c21-15(18-11-4-5-11)16(22)19-17-9-13-6-7-14(25-13)10-2-1-3-12(8-10)20(23)24/h1-3,6-9,11H,4-5H2,(H,18,21)(H,19,22)/b17-9-. The lowest BCUT2D eigenvalue weighted by molar-refractivity contribution is -0.384. The summed E-state index contributed by atoms with van der Waals surface area (Å²) in [4.78, 5) is 33.2. The van der Waals surface area contributed by atoms with Crippen LogP contribution in [0.25, 0.3) is 11.3 Å². The molecule has 1 aliphatic rings. The normalized spacial score (nSPS) is 13.6. The highest BCUT2D eigenvalue weighted by Gasteiger charge is 2.26. The zero-order valence-electron chi connectivity index (χ0n) is 13.0. The summed E-state index contributed by atoms with van der Waals surface area (Å²) in [7, 11) is 0. The van der Waals surface area contributed by atoms with E-state index in [1.807, 2.05) is 0 Å². The van der Waals surface area contributed by atoms with Crippen molar-refractivity contribution < 1.29 is 18.9 Å². The number of benzene rings is 1. The van der Waals surface area contributed by atoms with Crippen LogP contribution < -0.4 is 10.7 Å². The fourth-order valence-electron chi connectivity index (χ4n) is 2.03. The van der Waals surface area contributed by atoms with Gasteiger partial charge in [-0.15, -0.1) is 0 Å². The quantitative estimate of drug-likeness (QED) is 0.369. The number of nitro benzene ring substituents is 1. The molecule has 2 aromatic rings. The van der Waals surface area contributed by atoms with Crippen molar-refractivity contribution in [1.29, 1.82) is 0 Å². The summed E-state index contributed by atoms with van der Waals surface area (Å²) in [5.74, 6) is -0.836. The monoisotopic (exact) mass is 342 g/mol. The Bertz CT molecular complexity index is 854. The van der Waals surface area contributed by atoms with Crippen LogP contribution in [0.4, 0.5) is 5.69 Å². The van der Waals surface area contributed by atoms with E-state index in [4.69, 9.17) is 4.42 Å². The molecule has 0 radical (unpaired) electrons. The van der Waals surface area contributed by atoms with Gasteiger partial charge in [-0.1, -0.05) is 12.1 Å². The van der Waals surface area contributed by atoms with Crippen LogP contribution in [0.2, 0.25) is 0 Å². The number of hydrogen-bond donors (Lipinski definition) is 2. The summed E-state index contributed by atoms with van der Waals surface area (Å²) in [5.41, 5.74) is 2.61. The average molecular weight is 342 g/mol. The SMILES string of the molecule is O=C(N/N=C\c1ccc(-c2cccc([N+](=O)[O-])c2)o1)C(=O)NC1CC1. The van der Waals surface area contributed by atoms with E-state index in [9.17, 15) is 19.7 Å². The predicted octanol–water partition coefficient (Wildman–Crippen LogP) is 1.58. The molecule has 128 valence electrons. The molecule has 9 nitrogen and oxygen atoms in total. The molecule has 1 fully saturated rings. The third kappa shape index (κ3) is 4.28. The van der Waals surface area contributed by atoms with Crippen molar-refractivity contribution in [2.45, 2.75) is 18.9 Å². The van der Waals surface area contributed by atoms with Gasteiger partial charge in [0.15, 0.2) is 0 Å². The van der Waals surface area contributed by atoms with E-state index in [1.54, 1.807) is 24.3 Å². The first kappa shape index (κ1) is 16.4. The molecule has 0 saturated heterocycles. The van der Waals surface area contributed by atoms with Crippen LogP contribution in [0, 0.1) is 10.1 Å². The molecule has 0 spiro atoms. The lowest BCUT2D eigenvalue weighted by Gasteiger charge is -2.00. The molecule has 1 saturated carbocycles. The number of rotatable bonds is 5. The lowest BCUT2D eigenvalue weighted by atomic mass is 10.1. The number of non-ortho nitro benzene ring substituents is 1. The third-order valence-electron chi connectivity index (χ3n) is 3.44. The zero-order chi connectivity index (χ0) is 17.8. The molecule has 0 unspecified atom stereocenters. The maximum absolute atomic E-state index is 11.5. The minimum Gasteiger partial charge on any atom is -0.455 e. The molecule has 0 atom stereocenters. The molecule has 25 heavy (non-hydrogen) atoms. The van der Waals surface area contributed by atoms with Gasteiger partial charge >= 0.3 is 11.8 Å². The maximum Gasteiger partial charge on any atom is 0.329 e. The van der Waals surface area contributed by atoms with E-state index in [2.05, 4.69) is 15.8 Å². The Hall–Kier alpha value is -3.49. The van der Waals surface area contributed by atoms with E-state index in [1.165, 1.54) is 18.3 Å². The Morgan fingerprint density at radius 3 is 2.76 bits per heavy atom. The number of nitro groups is 1. The van der Waals surface area contributed by atoms with Crippen molar-refractivity contribution in [3.8, 4) is 11.3 Å². The van der Waals surface area contributed by atoms with E-state index >= 15 is 0 Å². The molecule has 1 heterocycles.